The van der Waals surface area contributed by atoms with Crippen LogP contribution in [0.15, 0.2) is 24.8 Å². The molecule has 4 heterocycles. The molecule has 0 radical (unpaired) electrons. The van der Waals surface area contributed by atoms with E-state index in [2.05, 4.69) is 31.6 Å². The topological polar surface area (TPSA) is 116 Å². The van der Waals surface area contributed by atoms with E-state index in [1.807, 2.05) is 42.0 Å². The molecule has 0 amide bonds. The van der Waals surface area contributed by atoms with E-state index in [0.29, 0.717) is 6.61 Å². The first-order chi connectivity index (χ1) is 15.1. The van der Waals surface area contributed by atoms with Crippen molar-refractivity contribution in [3.8, 4) is 11.3 Å². The Labute approximate surface area is 181 Å². The van der Waals surface area contributed by atoms with Crippen molar-refractivity contribution in [2.75, 3.05) is 13.7 Å². The highest BCUT2D eigenvalue weighted by molar-refractivity contribution is 5.73. The fraction of sp³-hybridized carbons (Fsp3) is 0.500. The fourth-order valence-electron chi connectivity index (χ4n) is 3.36. The third-order valence-electron chi connectivity index (χ3n) is 4.81. The summed E-state index contributed by atoms with van der Waals surface area (Å²) in [6, 6.07) is 0.251. The van der Waals surface area contributed by atoms with Crippen LogP contribution < -0.4 is 0 Å². The summed E-state index contributed by atoms with van der Waals surface area (Å²) in [6.07, 6.45) is 2.68. The number of carboxylic acid groups (broad SMARTS) is 1. The number of methoxy groups -OCH3 is 1. The van der Waals surface area contributed by atoms with Crippen LogP contribution in [0.5, 0.6) is 0 Å². The lowest BCUT2D eigenvalue weighted by atomic mass is 10.1. The summed E-state index contributed by atoms with van der Waals surface area (Å²) in [5, 5.41) is 24.4. The highest BCUT2D eigenvalue weighted by Crippen LogP contribution is 2.27. The second-order valence-corrected chi connectivity index (χ2v) is 7.31. The Morgan fingerprint density at radius 3 is 2.41 bits per heavy atom. The average Bonchev–Trinajstić information content (AvgIpc) is 3.42. The number of rotatable bonds is 5. The summed E-state index contributed by atoms with van der Waals surface area (Å²) in [5.74, 6) is -2.76. The average molecular weight is 456 g/mol. The molecule has 3 aromatic heterocycles. The first-order valence-electron chi connectivity index (χ1n) is 9.50. The van der Waals surface area contributed by atoms with Gasteiger partial charge in [-0.3, -0.25) is 14.3 Å². The van der Waals surface area contributed by atoms with Crippen molar-refractivity contribution in [3.05, 3.63) is 36.0 Å². The number of carboxylic acids is 1. The summed E-state index contributed by atoms with van der Waals surface area (Å²) >= 11 is 0. The number of nitrogens with zero attached hydrogens (tertiary/aromatic N) is 8. The molecule has 4 rings (SSSR count). The van der Waals surface area contributed by atoms with Crippen LogP contribution in [0, 0.1) is 0 Å². The van der Waals surface area contributed by atoms with Crippen LogP contribution in [0.4, 0.5) is 13.2 Å². The molecule has 0 saturated carbocycles. The molecule has 0 bridgehead atoms. The van der Waals surface area contributed by atoms with Gasteiger partial charge in [0.15, 0.2) is 0 Å². The maximum atomic E-state index is 10.6. The van der Waals surface area contributed by atoms with Crippen LogP contribution in [0.25, 0.3) is 11.3 Å². The van der Waals surface area contributed by atoms with E-state index in [9.17, 15) is 13.2 Å². The van der Waals surface area contributed by atoms with Crippen LogP contribution in [-0.2, 0) is 43.3 Å². The molecule has 0 aromatic carbocycles. The summed E-state index contributed by atoms with van der Waals surface area (Å²) in [4.78, 5) is 11.3. The molecule has 0 spiro atoms. The number of fused-ring (bicyclic) bond motifs is 1. The van der Waals surface area contributed by atoms with Gasteiger partial charge in [-0.2, -0.15) is 23.4 Å². The Bertz CT molecular complexity index is 1060. The summed E-state index contributed by atoms with van der Waals surface area (Å²) in [6.45, 7) is 3.00. The second kappa shape index (κ2) is 9.48. The number of hydrogen-bond acceptors (Lipinski definition) is 7. The van der Waals surface area contributed by atoms with Crippen LogP contribution in [-0.4, -0.2) is 76.5 Å². The zero-order valence-electron chi connectivity index (χ0n) is 17.7. The van der Waals surface area contributed by atoms with Gasteiger partial charge in [-0.05, 0) is 0 Å². The zero-order valence-corrected chi connectivity index (χ0v) is 17.7. The largest absolute Gasteiger partial charge is 0.490 e. The van der Waals surface area contributed by atoms with Gasteiger partial charge in [0.1, 0.15) is 5.69 Å². The Hall–Kier alpha value is -3.26. The molecule has 1 N–H and O–H groups in total. The fourth-order valence-corrected chi connectivity index (χ4v) is 3.36. The molecule has 174 valence electrons. The number of aliphatic carboxylic acids is 1. The number of ether oxygens (including phenoxy) is 1. The Balaban J connectivity index is 0.000000360. The SMILES string of the molecule is COCC1Cn2nnc(-c3cnn(C)c3)c2CN1Cc1cnn(C)c1.O=C(O)C(F)(F)F. The van der Waals surface area contributed by atoms with E-state index in [0.717, 1.165) is 36.6 Å². The number of aromatic nitrogens is 7. The Morgan fingerprint density at radius 2 is 1.88 bits per heavy atom. The molecule has 1 aliphatic rings. The summed E-state index contributed by atoms with van der Waals surface area (Å²) in [5.41, 5.74) is 4.20. The van der Waals surface area contributed by atoms with Gasteiger partial charge in [0, 0.05) is 57.8 Å². The van der Waals surface area contributed by atoms with Crippen molar-refractivity contribution < 1.29 is 27.8 Å². The maximum absolute atomic E-state index is 10.6. The van der Waals surface area contributed by atoms with Crippen LogP contribution in [0.3, 0.4) is 0 Å². The molecule has 1 atom stereocenters. The minimum atomic E-state index is -5.08. The number of aryl methyl sites for hydroxylation is 2. The molecule has 32 heavy (non-hydrogen) atoms. The van der Waals surface area contributed by atoms with E-state index < -0.39 is 12.1 Å². The molecular weight excluding hydrogens is 433 g/mol. The number of carbonyl (C=O) groups is 1. The Morgan fingerprint density at radius 1 is 1.22 bits per heavy atom. The number of alkyl halides is 3. The van der Waals surface area contributed by atoms with Crippen LogP contribution >= 0.6 is 0 Å². The third kappa shape index (κ3) is 5.50. The van der Waals surface area contributed by atoms with Crippen molar-refractivity contribution in [3.63, 3.8) is 0 Å². The van der Waals surface area contributed by atoms with Gasteiger partial charge in [0.2, 0.25) is 0 Å². The minimum absolute atomic E-state index is 0.251. The van der Waals surface area contributed by atoms with Gasteiger partial charge in [0.05, 0.1) is 37.3 Å². The Kier molecular flexibility index (Phi) is 6.93. The zero-order chi connectivity index (χ0) is 23.5. The van der Waals surface area contributed by atoms with Crippen molar-refractivity contribution in [1.29, 1.82) is 0 Å². The summed E-state index contributed by atoms with van der Waals surface area (Å²) < 4.78 is 42.8. The molecular formula is C18H23F3N8O3. The van der Waals surface area contributed by atoms with Crippen LogP contribution in [0.2, 0.25) is 0 Å². The number of hydrogen-bond donors (Lipinski definition) is 1. The molecule has 0 fully saturated rings. The standard InChI is InChI=1S/C16H22N8O.C2HF3O2/c1-21-6-12(4-17-21)7-23-10-15-16(13-5-18-22(2)8-13)19-20-24(15)9-14(23)11-25-3;3-2(4,5)1(6)7/h4-6,8,14H,7,9-11H2,1-3H3;(H,6,7). The predicted octanol–water partition coefficient (Wildman–Crippen LogP) is 1.08. The van der Waals surface area contributed by atoms with Gasteiger partial charge >= 0.3 is 12.1 Å². The normalized spacial score (nSPS) is 16.4. The van der Waals surface area contributed by atoms with Gasteiger partial charge < -0.3 is 9.84 Å². The second-order valence-electron chi connectivity index (χ2n) is 7.31. The van der Waals surface area contributed by atoms with E-state index in [4.69, 9.17) is 14.6 Å². The molecule has 3 aromatic rings. The molecule has 14 heteroatoms. The van der Waals surface area contributed by atoms with Gasteiger partial charge in [-0.15, -0.1) is 5.10 Å². The smallest absolute Gasteiger partial charge is 0.475 e. The molecule has 0 saturated heterocycles. The lowest BCUT2D eigenvalue weighted by Crippen LogP contribution is -2.45. The van der Waals surface area contributed by atoms with E-state index in [1.165, 1.54) is 5.56 Å². The quantitative estimate of drug-likeness (QED) is 0.606. The van der Waals surface area contributed by atoms with Crippen molar-refractivity contribution >= 4 is 5.97 Å². The van der Waals surface area contributed by atoms with Crippen molar-refractivity contribution in [1.82, 2.24) is 39.5 Å². The van der Waals surface area contributed by atoms with E-state index >= 15 is 0 Å². The highest BCUT2D eigenvalue weighted by Gasteiger charge is 2.38. The lowest BCUT2D eigenvalue weighted by molar-refractivity contribution is -0.192. The lowest BCUT2D eigenvalue weighted by Gasteiger charge is -2.35. The molecule has 1 unspecified atom stereocenters. The monoisotopic (exact) mass is 456 g/mol. The van der Waals surface area contributed by atoms with Gasteiger partial charge in [0.25, 0.3) is 0 Å². The third-order valence-corrected chi connectivity index (χ3v) is 4.81. The number of halogens is 3. The highest BCUT2D eigenvalue weighted by atomic mass is 19.4. The van der Waals surface area contributed by atoms with Gasteiger partial charge in [-0.25, -0.2) is 9.48 Å². The van der Waals surface area contributed by atoms with E-state index in [-0.39, 0.29) is 6.04 Å². The first kappa shape index (κ1) is 23.4. The molecule has 0 aliphatic carbocycles. The van der Waals surface area contributed by atoms with Crippen molar-refractivity contribution in [2.24, 2.45) is 14.1 Å². The van der Waals surface area contributed by atoms with E-state index in [1.54, 1.807) is 11.8 Å². The molecule has 1 aliphatic heterocycles. The van der Waals surface area contributed by atoms with Crippen LogP contribution in [0.1, 0.15) is 11.3 Å². The summed E-state index contributed by atoms with van der Waals surface area (Å²) in [7, 11) is 5.58. The first-order valence-corrected chi connectivity index (χ1v) is 9.50. The minimum Gasteiger partial charge on any atom is -0.475 e. The van der Waals surface area contributed by atoms with Crippen molar-refractivity contribution in [2.45, 2.75) is 31.9 Å². The molecule has 11 nitrogen and oxygen atoms in total. The predicted molar refractivity (Wildman–Crippen MR) is 104 cm³/mol. The maximum Gasteiger partial charge on any atom is 0.490 e. The van der Waals surface area contributed by atoms with Gasteiger partial charge in [-0.1, -0.05) is 5.21 Å².